The maximum Gasteiger partial charge on any atom is 0.254 e. The van der Waals surface area contributed by atoms with Crippen LogP contribution in [0, 0.1) is 18.7 Å². The van der Waals surface area contributed by atoms with Crippen molar-refractivity contribution in [1.29, 1.82) is 0 Å². The standard InChI is InChI=1S/C29H32FN5O2/c1-21-3-7-24(8-4-21)29(37)35(19-22-5-6-22)20-28(36)34-16-2-15-33(17-18-34)27-14-13-26(31-32-27)23-9-11-25(30)12-10-23/h3-4,7-14,22H,2,5-6,15-20H2,1H3. The second-order valence-electron chi connectivity index (χ2n) is 10.0. The molecule has 1 aliphatic carbocycles. The van der Waals surface area contributed by atoms with Gasteiger partial charge in [-0.15, -0.1) is 10.2 Å². The molecular weight excluding hydrogens is 469 g/mol. The molecule has 0 spiro atoms. The molecule has 0 bridgehead atoms. The smallest absolute Gasteiger partial charge is 0.254 e. The number of aromatic nitrogens is 2. The Morgan fingerprint density at radius 1 is 0.919 bits per heavy atom. The highest BCUT2D eigenvalue weighted by molar-refractivity contribution is 5.96. The van der Waals surface area contributed by atoms with Crippen molar-refractivity contribution in [2.45, 2.75) is 26.2 Å². The minimum Gasteiger partial charge on any atom is -0.353 e. The number of halogens is 1. The van der Waals surface area contributed by atoms with E-state index in [1.807, 2.05) is 48.2 Å². The molecule has 0 N–H and O–H groups in total. The quantitative estimate of drug-likeness (QED) is 0.486. The lowest BCUT2D eigenvalue weighted by molar-refractivity contribution is -0.131. The lowest BCUT2D eigenvalue weighted by Gasteiger charge is -2.27. The molecule has 1 aromatic heterocycles. The van der Waals surface area contributed by atoms with Crippen LogP contribution < -0.4 is 4.90 Å². The van der Waals surface area contributed by atoms with E-state index in [0.29, 0.717) is 43.4 Å². The predicted molar refractivity (Wildman–Crippen MR) is 141 cm³/mol. The van der Waals surface area contributed by atoms with Crippen molar-refractivity contribution in [3.63, 3.8) is 0 Å². The first-order chi connectivity index (χ1) is 18.0. The third-order valence-corrected chi connectivity index (χ3v) is 7.05. The zero-order valence-electron chi connectivity index (χ0n) is 21.1. The Hall–Kier alpha value is -3.81. The average Bonchev–Trinajstić information content (AvgIpc) is 3.76. The molecule has 2 aromatic carbocycles. The normalized spacial score (nSPS) is 15.8. The summed E-state index contributed by atoms with van der Waals surface area (Å²) < 4.78 is 13.2. The monoisotopic (exact) mass is 501 g/mol. The Balaban J connectivity index is 1.20. The summed E-state index contributed by atoms with van der Waals surface area (Å²) >= 11 is 0. The highest BCUT2D eigenvalue weighted by Gasteiger charge is 2.30. The summed E-state index contributed by atoms with van der Waals surface area (Å²) in [6.45, 7) is 5.35. The summed E-state index contributed by atoms with van der Waals surface area (Å²) in [6.07, 6.45) is 3.04. The summed E-state index contributed by atoms with van der Waals surface area (Å²) in [7, 11) is 0. The van der Waals surface area contributed by atoms with Gasteiger partial charge < -0.3 is 14.7 Å². The summed E-state index contributed by atoms with van der Waals surface area (Å²) in [5.74, 6) is 0.879. The Kier molecular flexibility index (Phi) is 7.44. The molecule has 1 aliphatic heterocycles. The van der Waals surface area contributed by atoms with E-state index < -0.39 is 0 Å². The van der Waals surface area contributed by atoms with E-state index in [2.05, 4.69) is 15.1 Å². The van der Waals surface area contributed by atoms with Gasteiger partial charge in [0, 0.05) is 43.9 Å². The molecule has 2 heterocycles. The van der Waals surface area contributed by atoms with Gasteiger partial charge in [0.1, 0.15) is 12.4 Å². The van der Waals surface area contributed by atoms with Gasteiger partial charge in [-0.3, -0.25) is 9.59 Å². The van der Waals surface area contributed by atoms with Crippen LogP contribution in [0.5, 0.6) is 0 Å². The van der Waals surface area contributed by atoms with Gasteiger partial charge in [0.15, 0.2) is 5.82 Å². The Bertz CT molecular complexity index is 1230. The number of benzene rings is 2. The van der Waals surface area contributed by atoms with Crippen molar-refractivity contribution >= 4 is 17.6 Å². The molecule has 37 heavy (non-hydrogen) atoms. The summed E-state index contributed by atoms with van der Waals surface area (Å²) in [4.78, 5) is 32.2. The van der Waals surface area contributed by atoms with Crippen molar-refractivity contribution in [2.24, 2.45) is 5.92 Å². The van der Waals surface area contributed by atoms with Crippen LogP contribution in [0.15, 0.2) is 60.7 Å². The van der Waals surface area contributed by atoms with Crippen molar-refractivity contribution in [1.82, 2.24) is 20.0 Å². The number of carbonyl (C=O) groups excluding carboxylic acids is 2. The van der Waals surface area contributed by atoms with Gasteiger partial charge in [0.2, 0.25) is 5.91 Å². The Labute approximate surface area is 216 Å². The lowest BCUT2D eigenvalue weighted by atomic mass is 10.1. The van der Waals surface area contributed by atoms with Gasteiger partial charge in [-0.05, 0) is 80.6 Å². The summed E-state index contributed by atoms with van der Waals surface area (Å²) in [5, 5.41) is 8.72. The van der Waals surface area contributed by atoms with E-state index in [0.717, 1.165) is 42.8 Å². The van der Waals surface area contributed by atoms with Crippen LogP contribution >= 0.6 is 0 Å². The SMILES string of the molecule is Cc1ccc(C(=O)N(CC(=O)N2CCCN(c3ccc(-c4ccc(F)cc4)nn3)CC2)CC2CC2)cc1. The number of carbonyl (C=O) groups is 2. The van der Waals surface area contributed by atoms with Crippen LogP contribution in [-0.4, -0.2) is 71.1 Å². The fraction of sp³-hybridized carbons (Fsp3) is 0.379. The number of hydrogen-bond donors (Lipinski definition) is 0. The van der Waals surface area contributed by atoms with E-state index in [9.17, 15) is 14.0 Å². The molecule has 1 saturated heterocycles. The molecule has 3 aromatic rings. The molecule has 1 saturated carbocycles. The highest BCUT2D eigenvalue weighted by atomic mass is 19.1. The summed E-state index contributed by atoms with van der Waals surface area (Å²) in [6, 6.07) is 17.5. The van der Waals surface area contributed by atoms with E-state index in [-0.39, 0.29) is 24.2 Å². The molecule has 7 nitrogen and oxygen atoms in total. The molecule has 2 fully saturated rings. The second kappa shape index (κ2) is 11.1. The number of nitrogens with zero attached hydrogens (tertiary/aromatic N) is 5. The largest absolute Gasteiger partial charge is 0.353 e. The first kappa shape index (κ1) is 24.9. The molecule has 0 unspecified atom stereocenters. The predicted octanol–water partition coefficient (Wildman–Crippen LogP) is 4.18. The van der Waals surface area contributed by atoms with Crippen molar-refractivity contribution < 1.29 is 14.0 Å². The molecule has 8 heteroatoms. The fourth-order valence-electron chi connectivity index (χ4n) is 4.64. The van der Waals surface area contributed by atoms with Crippen LogP contribution in [0.1, 0.15) is 35.2 Å². The molecule has 0 radical (unpaired) electrons. The molecule has 5 rings (SSSR count). The Morgan fingerprint density at radius 3 is 2.35 bits per heavy atom. The third-order valence-electron chi connectivity index (χ3n) is 7.05. The molecule has 2 amide bonds. The van der Waals surface area contributed by atoms with Crippen LogP contribution in [0.3, 0.4) is 0 Å². The lowest BCUT2D eigenvalue weighted by Crippen LogP contribution is -2.45. The van der Waals surface area contributed by atoms with Crippen molar-refractivity contribution in [3.8, 4) is 11.3 Å². The van der Waals surface area contributed by atoms with Crippen LogP contribution in [0.2, 0.25) is 0 Å². The third kappa shape index (κ3) is 6.31. The van der Waals surface area contributed by atoms with Gasteiger partial charge in [-0.2, -0.15) is 0 Å². The van der Waals surface area contributed by atoms with Gasteiger partial charge in [0.25, 0.3) is 5.91 Å². The average molecular weight is 502 g/mol. The van der Waals surface area contributed by atoms with Gasteiger partial charge in [0.05, 0.1) is 5.69 Å². The minimum absolute atomic E-state index is 0.0132. The maximum absolute atomic E-state index is 13.3. The van der Waals surface area contributed by atoms with E-state index in [1.165, 1.54) is 12.1 Å². The molecule has 192 valence electrons. The van der Waals surface area contributed by atoms with Crippen LogP contribution in [0.4, 0.5) is 10.2 Å². The number of amides is 2. The molecular formula is C29H32FN5O2. The van der Waals surface area contributed by atoms with Crippen LogP contribution in [-0.2, 0) is 4.79 Å². The topological polar surface area (TPSA) is 69.6 Å². The van der Waals surface area contributed by atoms with Crippen molar-refractivity contribution in [2.75, 3.05) is 44.2 Å². The van der Waals surface area contributed by atoms with Gasteiger partial charge in [-0.25, -0.2) is 4.39 Å². The highest BCUT2D eigenvalue weighted by Crippen LogP contribution is 2.30. The minimum atomic E-state index is -0.285. The number of aryl methyl sites for hydroxylation is 1. The Morgan fingerprint density at radius 2 is 1.68 bits per heavy atom. The maximum atomic E-state index is 13.3. The van der Waals surface area contributed by atoms with E-state index in [1.54, 1.807) is 17.0 Å². The second-order valence-corrected chi connectivity index (χ2v) is 10.0. The zero-order chi connectivity index (χ0) is 25.8. The fourth-order valence-corrected chi connectivity index (χ4v) is 4.64. The van der Waals surface area contributed by atoms with Gasteiger partial charge >= 0.3 is 0 Å². The molecule has 2 aliphatic rings. The zero-order valence-corrected chi connectivity index (χ0v) is 21.1. The summed E-state index contributed by atoms with van der Waals surface area (Å²) in [5.41, 5.74) is 3.22. The van der Waals surface area contributed by atoms with Gasteiger partial charge in [-0.1, -0.05) is 17.7 Å². The van der Waals surface area contributed by atoms with E-state index in [4.69, 9.17) is 0 Å². The first-order valence-electron chi connectivity index (χ1n) is 12.9. The first-order valence-corrected chi connectivity index (χ1v) is 12.9. The number of anilines is 1. The number of rotatable bonds is 7. The van der Waals surface area contributed by atoms with Crippen LogP contribution in [0.25, 0.3) is 11.3 Å². The molecule has 0 atom stereocenters. The number of hydrogen-bond acceptors (Lipinski definition) is 5. The van der Waals surface area contributed by atoms with E-state index >= 15 is 0 Å². The van der Waals surface area contributed by atoms with Crippen molar-refractivity contribution in [3.05, 3.63) is 77.6 Å².